The van der Waals surface area contributed by atoms with Gasteiger partial charge >= 0.3 is 5.97 Å². The number of fused-ring (bicyclic) bond motifs is 1. The van der Waals surface area contributed by atoms with Crippen molar-refractivity contribution < 1.29 is 23.4 Å². The average molecular weight is 553 g/mol. The summed E-state index contributed by atoms with van der Waals surface area (Å²) in [6.07, 6.45) is 1.42. The number of carbonyl (C=O) groups is 1. The molecule has 12 heteroatoms. The number of anilines is 1. The van der Waals surface area contributed by atoms with Crippen molar-refractivity contribution in [1.82, 2.24) is 19.4 Å². The van der Waals surface area contributed by atoms with Gasteiger partial charge in [0.1, 0.15) is 47.8 Å². The van der Waals surface area contributed by atoms with E-state index in [1.54, 1.807) is 28.8 Å². The number of hydrogen-bond donors (Lipinski definition) is 1. The van der Waals surface area contributed by atoms with Crippen LogP contribution in [0, 0.1) is 17.1 Å². The Morgan fingerprint density at radius 2 is 2.05 bits per heavy atom. The normalized spacial score (nSPS) is 11.0. The summed E-state index contributed by atoms with van der Waals surface area (Å²) in [5, 5.41) is 13.4. The molecule has 1 aromatic carbocycles. The Balaban J connectivity index is 1.51. The van der Waals surface area contributed by atoms with Gasteiger partial charge in [-0.25, -0.2) is 19.2 Å². The molecular weight excluding hydrogens is 523 g/mol. The molecule has 3 aromatic heterocycles. The van der Waals surface area contributed by atoms with Gasteiger partial charge in [0.25, 0.3) is 0 Å². The summed E-state index contributed by atoms with van der Waals surface area (Å²) in [6, 6.07) is 10.1. The molecule has 10 nitrogen and oxygen atoms in total. The molecule has 4 rings (SSSR count). The van der Waals surface area contributed by atoms with Crippen molar-refractivity contribution in [2.24, 2.45) is 0 Å². The molecule has 1 N–H and O–H groups in total. The minimum absolute atomic E-state index is 0.271. The molecule has 39 heavy (non-hydrogen) atoms. The number of ether oxygens (including phenoxy) is 3. The summed E-state index contributed by atoms with van der Waals surface area (Å²) >= 11 is 1.24. The number of halogens is 1. The SMILES string of the molecule is CCOc1cc(-c2cc(NCCn3c(C#N)cc4c(OC)ccc(F)c43)ncn2)sc1C(=O)OCCN(C)C. The van der Waals surface area contributed by atoms with Crippen LogP contribution < -0.4 is 14.8 Å². The fourth-order valence-electron chi connectivity index (χ4n) is 3.99. The van der Waals surface area contributed by atoms with Crippen molar-refractivity contribution >= 4 is 34.0 Å². The molecular formula is C27H29FN6O4S. The van der Waals surface area contributed by atoms with Crippen LogP contribution in [0.4, 0.5) is 10.2 Å². The maximum atomic E-state index is 14.7. The van der Waals surface area contributed by atoms with Crippen molar-refractivity contribution in [2.45, 2.75) is 13.5 Å². The predicted octanol–water partition coefficient (Wildman–Crippen LogP) is 4.41. The maximum Gasteiger partial charge on any atom is 0.352 e. The third-order valence-corrected chi connectivity index (χ3v) is 6.94. The molecule has 0 radical (unpaired) electrons. The van der Waals surface area contributed by atoms with Crippen molar-refractivity contribution in [1.29, 1.82) is 5.26 Å². The summed E-state index contributed by atoms with van der Waals surface area (Å²) in [4.78, 5) is 24.3. The average Bonchev–Trinajstić information content (AvgIpc) is 3.52. The highest BCUT2D eigenvalue weighted by Gasteiger charge is 2.21. The zero-order valence-corrected chi connectivity index (χ0v) is 23.0. The van der Waals surface area contributed by atoms with E-state index in [2.05, 4.69) is 21.4 Å². The van der Waals surface area contributed by atoms with E-state index >= 15 is 0 Å². The van der Waals surface area contributed by atoms with Crippen molar-refractivity contribution in [3.8, 4) is 28.1 Å². The lowest BCUT2D eigenvalue weighted by atomic mass is 10.2. The van der Waals surface area contributed by atoms with Gasteiger partial charge in [0.05, 0.1) is 29.8 Å². The molecule has 4 aromatic rings. The molecule has 0 saturated carbocycles. The van der Waals surface area contributed by atoms with Gasteiger partial charge in [-0.2, -0.15) is 5.26 Å². The lowest BCUT2D eigenvalue weighted by Crippen LogP contribution is -2.20. The lowest BCUT2D eigenvalue weighted by Gasteiger charge is -2.11. The van der Waals surface area contributed by atoms with E-state index in [-0.39, 0.29) is 6.61 Å². The van der Waals surface area contributed by atoms with Gasteiger partial charge in [0.15, 0.2) is 4.88 Å². The van der Waals surface area contributed by atoms with Gasteiger partial charge in [-0.05, 0) is 39.2 Å². The standard InChI is InChI=1S/C27H29FN6O4S/c1-5-37-22-14-23(39-26(22)27(35)38-11-10-33(2)3)20-13-24(32-16-31-20)30-8-9-34-17(15-29)12-18-21(36-4)7-6-19(28)25(18)34/h6-7,12-14,16H,5,8-11H2,1-4H3,(H,30,31,32). The van der Waals surface area contributed by atoms with Gasteiger partial charge in [-0.15, -0.1) is 11.3 Å². The number of nitrogens with zero attached hydrogens (tertiary/aromatic N) is 5. The Bertz CT molecular complexity index is 1510. The van der Waals surface area contributed by atoms with Gasteiger partial charge in [-0.3, -0.25) is 0 Å². The first kappa shape index (κ1) is 27.8. The second-order valence-electron chi connectivity index (χ2n) is 8.70. The molecule has 0 aliphatic heterocycles. The minimum Gasteiger partial charge on any atom is -0.496 e. The molecule has 0 atom stereocenters. The van der Waals surface area contributed by atoms with Crippen LogP contribution in [0.2, 0.25) is 0 Å². The molecule has 204 valence electrons. The summed E-state index contributed by atoms with van der Waals surface area (Å²) in [5.41, 5.74) is 1.24. The fourth-order valence-corrected chi connectivity index (χ4v) is 4.95. The summed E-state index contributed by atoms with van der Waals surface area (Å²) in [7, 11) is 5.32. The fraction of sp³-hybridized carbons (Fsp3) is 0.333. The monoisotopic (exact) mass is 552 g/mol. The van der Waals surface area contributed by atoms with Crippen molar-refractivity contribution in [3.63, 3.8) is 0 Å². The summed E-state index contributed by atoms with van der Waals surface area (Å²) in [6.45, 7) is 3.81. The maximum absolute atomic E-state index is 14.7. The number of carbonyl (C=O) groups excluding carboxylic acids is 1. The van der Waals surface area contributed by atoms with Gasteiger partial charge in [-0.1, -0.05) is 0 Å². The van der Waals surface area contributed by atoms with Crippen LogP contribution in [-0.2, 0) is 11.3 Å². The second-order valence-corrected chi connectivity index (χ2v) is 9.75. The summed E-state index contributed by atoms with van der Waals surface area (Å²) in [5.74, 6) is 0.602. The van der Waals surface area contributed by atoms with Crippen LogP contribution in [0.15, 0.2) is 36.7 Å². The van der Waals surface area contributed by atoms with Crippen molar-refractivity contribution in [2.75, 3.05) is 52.8 Å². The van der Waals surface area contributed by atoms with Crippen LogP contribution in [0.5, 0.6) is 11.5 Å². The van der Waals surface area contributed by atoms with Crippen LogP contribution in [0.3, 0.4) is 0 Å². The molecule has 0 aliphatic rings. The topological polar surface area (TPSA) is 115 Å². The number of esters is 1. The van der Waals surface area contributed by atoms with Gasteiger partial charge < -0.3 is 29.0 Å². The van der Waals surface area contributed by atoms with E-state index in [1.165, 1.54) is 30.8 Å². The molecule has 3 heterocycles. The van der Waals surface area contributed by atoms with Gasteiger partial charge in [0.2, 0.25) is 0 Å². The number of likely N-dealkylation sites (N-methyl/N-ethyl adjacent to an activating group) is 1. The zero-order chi connectivity index (χ0) is 27.9. The van der Waals surface area contributed by atoms with Crippen LogP contribution in [-0.4, -0.2) is 72.9 Å². The number of aromatic nitrogens is 3. The third kappa shape index (κ3) is 6.27. The number of rotatable bonds is 12. The molecule has 0 bridgehead atoms. The van der Waals surface area contributed by atoms with E-state index in [0.29, 0.717) is 70.7 Å². The lowest BCUT2D eigenvalue weighted by molar-refractivity contribution is 0.0483. The molecule has 0 aliphatic carbocycles. The Morgan fingerprint density at radius 3 is 2.77 bits per heavy atom. The molecule has 0 amide bonds. The smallest absolute Gasteiger partial charge is 0.352 e. The molecule has 0 fully saturated rings. The largest absolute Gasteiger partial charge is 0.496 e. The molecule has 0 saturated heterocycles. The highest BCUT2D eigenvalue weighted by Crippen LogP contribution is 2.36. The number of benzene rings is 1. The van der Waals surface area contributed by atoms with E-state index < -0.39 is 11.8 Å². The number of hydrogen-bond acceptors (Lipinski definition) is 10. The van der Waals surface area contributed by atoms with E-state index in [0.717, 1.165) is 4.88 Å². The number of nitriles is 1. The van der Waals surface area contributed by atoms with Gasteiger partial charge in [0, 0.05) is 37.2 Å². The Labute approximate surface area is 229 Å². The van der Waals surface area contributed by atoms with E-state index in [1.807, 2.05) is 25.9 Å². The first-order chi connectivity index (χ1) is 18.9. The van der Waals surface area contributed by atoms with Crippen LogP contribution >= 0.6 is 11.3 Å². The van der Waals surface area contributed by atoms with Crippen LogP contribution in [0.1, 0.15) is 22.3 Å². The quantitative estimate of drug-likeness (QED) is 0.255. The number of nitrogens with one attached hydrogen (secondary N) is 1. The zero-order valence-electron chi connectivity index (χ0n) is 22.2. The highest BCUT2D eigenvalue weighted by molar-refractivity contribution is 7.17. The summed E-state index contributed by atoms with van der Waals surface area (Å²) < 4.78 is 32.7. The molecule has 0 spiro atoms. The highest BCUT2D eigenvalue weighted by atomic mass is 32.1. The minimum atomic E-state index is -0.444. The Kier molecular flexibility index (Phi) is 8.96. The first-order valence-corrected chi connectivity index (χ1v) is 13.1. The Morgan fingerprint density at radius 1 is 1.23 bits per heavy atom. The molecule has 0 unspecified atom stereocenters. The van der Waals surface area contributed by atoms with E-state index in [9.17, 15) is 14.4 Å². The van der Waals surface area contributed by atoms with E-state index in [4.69, 9.17) is 14.2 Å². The second kappa shape index (κ2) is 12.6. The third-order valence-electron chi connectivity index (χ3n) is 5.82. The van der Waals surface area contributed by atoms with Crippen LogP contribution in [0.25, 0.3) is 21.5 Å². The first-order valence-electron chi connectivity index (χ1n) is 12.3. The Hall–Kier alpha value is -4.21. The van der Waals surface area contributed by atoms with Crippen molar-refractivity contribution in [3.05, 3.63) is 53.0 Å². The number of thiophene rings is 1. The predicted molar refractivity (Wildman–Crippen MR) is 147 cm³/mol. The number of methoxy groups -OCH3 is 1.